The van der Waals surface area contributed by atoms with Crippen LogP contribution in [0, 0.1) is 0 Å². The molecule has 1 N–H and O–H groups in total. The summed E-state index contributed by atoms with van der Waals surface area (Å²) in [7, 11) is 0. The van der Waals surface area contributed by atoms with Gasteiger partial charge in [0, 0.05) is 34.3 Å². The quantitative estimate of drug-likeness (QED) is 0.638. The van der Waals surface area contributed by atoms with Gasteiger partial charge in [0.1, 0.15) is 5.37 Å². The van der Waals surface area contributed by atoms with Crippen molar-refractivity contribution in [2.75, 3.05) is 19.4 Å². The SMILES string of the molecule is CS[C@H]1C(C(=O)c2ccc(Br)cc2)=C(CC(=O)O)C(=O)N1C[C@H]1CCCO1. The number of hydrogen-bond acceptors (Lipinski definition) is 5. The third-order valence-corrected chi connectivity index (χ3v) is 6.17. The third kappa shape index (κ3) is 4.28. The fourth-order valence-corrected chi connectivity index (χ4v) is 4.65. The van der Waals surface area contributed by atoms with E-state index in [4.69, 9.17) is 4.74 Å². The second-order valence-electron chi connectivity index (χ2n) is 6.48. The highest BCUT2D eigenvalue weighted by molar-refractivity contribution is 9.10. The zero-order valence-corrected chi connectivity index (χ0v) is 17.2. The van der Waals surface area contributed by atoms with E-state index in [0.717, 1.165) is 17.3 Å². The Morgan fingerprint density at radius 2 is 2.04 bits per heavy atom. The average Bonchev–Trinajstić information content (AvgIpc) is 3.23. The summed E-state index contributed by atoms with van der Waals surface area (Å²) >= 11 is 4.70. The van der Waals surface area contributed by atoms with Crippen molar-refractivity contribution in [3.05, 3.63) is 45.4 Å². The monoisotopic (exact) mass is 453 g/mol. The number of carboxylic acids is 1. The molecule has 2 atom stereocenters. The van der Waals surface area contributed by atoms with E-state index in [9.17, 15) is 19.5 Å². The van der Waals surface area contributed by atoms with Crippen LogP contribution in [0.1, 0.15) is 29.6 Å². The van der Waals surface area contributed by atoms with Crippen molar-refractivity contribution in [2.24, 2.45) is 0 Å². The molecular formula is C19H20BrNO5S. The molecule has 27 heavy (non-hydrogen) atoms. The van der Waals surface area contributed by atoms with Gasteiger partial charge in [-0.25, -0.2) is 0 Å². The molecule has 1 aromatic rings. The first-order valence-corrected chi connectivity index (χ1v) is 10.7. The van der Waals surface area contributed by atoms with Crippen LogP contribution in [0.3, 0.4) is 0 Å². The summed E-state index contributed by atoms with van der Waals surface area (Å²) in [5, 5.41) is 8.77. The minimum atomic E-state index is -1.13. The summed E-state index contributed by atoms with van der Waals surface area (Å²) in [5.74, 6) is -1.81. The smallest absolute Gasteiger partial charge is 0.308 e. The number of benzene rings is 1. The summed E-state index contributed by atoms with van der Waals surface area (Å²) in [4.78, 5) is 39.1. The average molecular weight is 454 g/mol. The second kappa shape index (κ2) is 8.58. The predicted molar refractivity (Wildman–Crippen MR) is 106 cm³/mol. The Bertz CT molecular complexity index is 786. The molecule has 0 aliphatic carbocycles. The van der Waals surface area contributed by atoms with E-state index >= 15 is 0 Å². The van der Waals surface area contributed by atoms with Crippen LogP contribution in [0.5, 0.6) is 0 Å². The lowest BCUT2D eigenvalue weighted by atomic mass is 9.98. The van der Waals surface area contributed by atoms with E-state index in [1.54, 1.807) is 29.2 Å². The summed E-state index contributed by atoms with van der Waals surface area (Å²) in [6.07, 6.45) is 3.08. The molecule has 1 amide bonds. The van der Waals surface area contributed by atoms with Crippen molar-refractivity contribution < 1.29 is 24.2 Å². The number of carboxylic acid groups (broad SMARTS) is 1. The maximum absolute atomic E-state index is 13.2. The largest absolute Gasteiger partial charge is 0.481 e. The van der Waals surface area contributed by atoms with Gasteiger partial charge in [0.15, 0.2) is 5.78 Å². The van der Waals surface area contributed by atoms with Crippen LogP contribution >= 0.6 is 27.7 Å². The number of aliphatic carboxylic acids is 1. The molecule has 2 heterocycles. The molecule has 0 radical (unpaired) electrons. The summed E-state index contributed by atoms with van der Waals surface area (Å²) in [5.41, 5.74) is 0.782. The van der Waals surface area contributed by atoms with Crippen LogP contribution in [0.15, 0.2) is 39.9 Å². The number of hydrogen-bond donors (Lipinski definition) is 1. The Morgan fingerprint density at radius 3 is 2.59 bits per heavy atom. The van der Waals surface area contributed by atoms with Crippen molar-refractivity contribution in [3.63, 3.8) is 0 Å². The molecule has 2 aliphatic heterocycles. The molecule has 144 valence electrons. The number of carbonyl (C=O) groups excluding carboxylic acids is 2. The molecule has 2 aliphatic rings. The third-order valence-electron chi connectivity index (χ3n) is 4.70. The van der Waals surface area contributed by atoms with Gasteiger partial charge in [-0.05, 0) is 43.4 Å². The highest BCUT2D eigenvalue weighted by Crippen LogP contribution is 2.37. The highest BCUT2D eigenvalue weighted by atomic mass is 79.9. The Hall–Kier alpha value is -1.64. The van der Waals surface area contributed by atoms with Crippen molar-refractivity contribution in [2.45, 2.75) is 30.7 Å². The summed E-state index contributed by atoms with van der Waals surface area (Å²) < 4.78 is 6.47. The zero-order chi connectivity index (χ0) is 19.6. The lowest BCUT2D eigenvalue weighted by Crippen LogP contribution is -2.40. The van der Waals surface area contributed by atoms with Gasteiger partial charge < -0.3 is 14.7 Å². The Kier molecular flexibility index (Phi) is 6.39. The first-order valence-electron chi connectivity index (χ1n) is 8.62. The summed E-state index contributed by atoms with van der Waals surface area (Å²) in [6, 6.07) is 6.84. The first kappa shape index (κ1) is 20.1. The molecule has 1 fully saturated rings. The van der Waals surface area contributed by atoms with Crippen LogP contribution in [-0.4, -0.2) is 58.6 Å². The van der Waals surface area contributed by atoms with Crippen LogP contribution in [-0.2, 0) is 14.3 Å². The van der Waals surface area contributed by atoms with Gasteiger partial charge in [0.05, 0.1) is 12.5 Å². The van der Waals surface area contributed by atoms with Gasteiger partial charge in [0.25, 0.3) is 5.91 Å². The van der Waals surface area contributed by atoms with Crippen molar-refractivity contribution >= 4 is 45.4 Å². The standard InChI is InChI=1S/C19H20BrNO5S/c1-27-19-16(17(24)11-4-6-12(20)7-5-11)14(9-15(22)23)18(25)21(19)10-13-3-2-8-26-13/h4-7,13,19H,2-3,8-10H2,1H3,(H,22,23)/t13-,19+/m1/s1. The normalized spacial score (nSPS) is 22.6. The number of halogens is 1. The molecule has 0 spiro atoms. The fraction of sp³-hybridized carbons (Fsp3) is 0.421. The van der Waals surface area contributed by atoms with Gasteiger partial charge in [-0.15, -0.1) is 11.8 Å². The number of Topliss-reactive ketones (excluding diaryl/α,β-unsaturated/α-hetero) is 1. The number of ketones is 1. The molecule has 8 heteroatoms. The van der Waals surface area contributed by atoms with E-state index in [1.165, 1.54) is 11.8 Å². The lowest BCUT2D eigenvalue weighted by molar-refractivity contribution is -0.137. The first-order chi connectivity index (χ1) is 12.9. The number of thioether (sulfide) groups is 1. The van der Waals surface area contributed by atoms with Crippen LogP contribution in [0.25, 0.3) is 0 Å². The van der Waals surface area contributed by atoms with E-state index in [1.807, 2.05) is 6.26 Å². The number of amides is 1. The molecule has 0 unspecified atom stereocenters. The van der Waals surface area contributed by atoms with Gasteiger partial charge >= 0.3 is 5.97 Å². The Labute approximate surface area is 170 Å². The molecule has 0 saturated carbocycles. The van der Waals surface area contributed by atoms with Crippen molar-refractivity contribution in [3.8, 4) is 0 Å². The highest BCUT2D eigenvalue weighted by Gasteiger charge is 2.43. The van der Waals surface area contributed by atoms with Crippen LogP contribution in [0.2, 0.25) is 0 Å². The van der Waals surface area contributed by atoms with Gasteiger partial charge in [0.2, 0.25) is 0 Å². The molecule has 3 rings (SSSR count). The molecule has 6 nitrogen and oxygen atoms in total. The number of nitrogens with zero attached hydrogens (tertiary/aromatic N) is 1. The fourth-order valence-electron chi connectivity index (χ4n) is 3.46. The number of carbonyl (C=O) groups is 3. The lowest BCUT2D eigenvalue weighted by Gasteiger charge is -2.27. The maximum atomic E-state index is 13.2. The second-order valence-corrected chi connectivity index (χ2v) is 8.31. The number of rotatable bonds is 7. The topological polar surface area (TPSA) is 83.9 Å². The maximum Gasteiger partial charge on any atom is 0.308 e. The van der Waals surface area contributed by atoms with Crippen molar-refractivity contribution in [1.29, 1.82) is 0 Å². The minimum Gasteiger partial charge on any atom is -0.481 e. The van der Waals surface area contributed by atoms with E-state index in [2.05, 4.69) is 15.9 Å². The Morgan fingerprint density at radius 1 is 1.33 bits per heavy atom. The summed E-state index contributed by atoms with van der Waals surface area (Å²) in [6.45, 7) is 1.03. The predicted octanol–water partition coefficient (Wildman–Crippen LogP) is 3.11. The van der Waals surface area contributed by atoms with E-state index < -0.39 is 17.8 Å². The van der Waals surface area contributed by atoms with Crippen LogP contribution < -0.4 is 0 Å². The van der Waals surface area contributed by atoms with Gasteiger partial charge in [-0.2, -0.15) is 0 Å². The van der Waals surface area contributed by atoms with E-state index in [-0.39, 0.29) is 28.9 Å². The van der Waals surface area contributed by atoms with Gasteiger partial charge in [-0.3, -0.25) is 14.4 Å². The molecule has 0 bridgehead atoms. The zero-order valence-electron chi connectivity index (χ0n) is 14.8. The Balaban J connectivity index is 1.97. The minimum absolute atomic E-state index is 0.0724. The molecule has 1 saturated heterocycles. The van der Waals surface area contributed by atoms with Crippen LogP contribution in [0.4, 0.5) is 0 Å². The molecular weight excluding hydrogens is 434 g/mol. The van der Waals surface area contributed by atoms with E-state index in [0.29, 0.717) is 18.7 Å². The molecule has 1 aromatic carbocycles. The molecule has 0 aromatic heterocycles. The van der Waals surface area contributed by atoms with Crippen molar-refractivity contribution in [1.82, 2.24) is 4.90 Å². The van der Waals surface area contributed by atoms with Gasteiger partial charge in [-0.1, -0.05) is 15.9 Å². The number of ether oxygens (including phenoxy) is 1.